The van der Waals surface area contributed by atoms with E-state index in [4.69, 9.17) is 8.92 Å². The van der Waals surface area contributed by atoms with Gasteiger partial charge < -0.3 is 33.0 Å². The minimum absolute atomic E-state index is 0. The molecule has 0 spiro atoms. The summed E-state index contributed by atoms with van der Waals surface area (Å²) in [6.45, 7) is 1.27. The van der Waals surface area contributed by atoms with Gasteiger partial charge in [0.25, 0.3) is 0 Å². The molecule has 4 rings (SSSR count). The molecule has 44 heavy (non-hydrogen) atoms. The first-order chi connectivity index (χ1) is 19.2. The summed E-state index contributed by atoms with van der Waals surface area (Å²) in [6.07, 6.45) is 0. The number of azo groups is 1. The normalized spacial score (nSPS) is 12.0. The SMILES string of the molecule is Cc1ccc(N=Nc2c(OS(=O)[O-])cc3cc(S(=O)(=O)[O-])cc(NCOc4ccccc4)c3c2O)c(S(=O)(=O)[O-])c1.[Na+].[Na+].[Na+]. The molecular weight excluding hydrogens is 671 g/mol. The Bertz CT molecular complexity index is 1910. The molecule has 2 N–H and O–H groups in total. The molecule has 4 aromatic carbocycles. The minimum atomic E-state index is -5.02. The summed E-state index contributed by atoms with van der Waals surface area (Å²) in [5.41, 5.74) is -0.743. The van der Waals surface area contributed by atoms with E-state index in [0.29, 0.717) is 11.3 Å². The molecule has 216 valence electrons. The number of nitrogens with zero attached hydrogens (tertiary/aromatic N) is 2. The third kappa shape index (κ3) is 10.4. The Hall–Kier alpha value is -1.13. The van der Waals surface area contributed by atoms with Crippen molar-refractivity contribution in [2.24, 2.45) is 10.2 Å². The third-order valence-electron chi connectivity index (χ3n) is 5.46. The number of para-hydroxylation sites is 1. The number of hydrogen-bond acceptors (Lipinski definition) is 14. The summed E-state index contributed by atoms with van der Waals surface area (Å²) in [5.74, 6) is -1.01. The quantitative estimate of drug-likeness (QED) is 0.0523. The molecular formula is C24H18N3Na3O11S3. The largest absolute Gasteiger partial charge is 1.00 e. The van der Waals surface area contributed by atoms with E-state index in [1.807, 2.05) is 0 Å². The fourth-order valence-corrected chi connectivity index (χ4v) is 5.20. The Morgan fingerprint density at radius 3 is 2.16 bits per heavy atom. The maximum Gasteiger partial charge on any atom is 1.00 e. The zero-order valence-corrected chi connectivity index (χ0v) is 32.2. The number of phenolic OH excluding ortho intramolecular Hbond substituents is 1. The number of aromatic hydroxyl groups is 1. The zero-order chi connectivity index (χ0) is 29.9. The van der Waals surface area contributed by atoms with E-state index in [-0.39, 0.29) is 112 Å². The zero-order valence-electron chi connectivity index (χ0n) is 23.7. The van der Waals surface area contributed by atoms with E-state index < -0.39 is 64.3 Å². The van der Waals surface area contributed by atoms with E-state index in [2.05, 4.69) is 15.5 Å². The summed E-state index contributed by atoms with van der Waals surface area (Å²) in [4.78, 5) is -1.44. The first-order valence-electron chi connectivity index (χ1n) is 11.2. The number of aryl methyl sites for hydroxylation is 1. The minimum Gasteiger partial charge on any atom is -0.744 e. The Balaban J connectivity index is 0.00000323. The van der Waals surface area contributed by atoms with E-state index in [1.54, 1.807) is 30.3 Å². The van der Waals surface area contributed by atoms with Crippen LogP contribution >= 0.6 is 0 Å². The molecule has 1 atom stereocenters. The number of nitrogens with one attached hydrogen (secondary N) is 1. The Morgan fingerprint density at radius 1 is 0.909 bits per heavy atom. The van der Waals surface area contributed by atoms with Crippen molar-refractivity contribution >= 4 is 59.4 Å². The fourth-order valence-electron chi connectivity index (χ4n) is 3.70. The molecule has 0 saturated heterocycles. The van der Waals surface area contributed by atoms with Gasteiger partial charge in [0.15, 0.2) is 23.9 Å². The van der Waals surface area contributed by atoms with Crippen molar-refractivity contribution in [2.75, 3.05) is 12.0 Å². The summed E-state index contributed by atoms with van der Waals surface area (Å²) >= 11 is -3.23. The molecule has 4 aromatic rings. The van der Waals surface area contributed by atoms with Gasteiger partial charge in [-0.2, -0.15) is 0 Å². The van der Waals surface area contributed by atoms with Crippen LogP contribution in [-0.2, 0) is 31.6 Å². The average molecular weight is 690 g/mol. The van der Waals surface area contributed by atoms with Crippen molar-refractivity contribution in [3.05, 3.63) is 72.3 Å². The molecule has 0 aliphatic carbocycles. The van der Waals surface area contributed by atoms with Crippen molar-refractivity contribution in [3.8, 4) is 17.2 Å². The van der Waals surface area contributed by atoms with Crippen molar-refractivity contribution in [3.63, 3.8) is 0 Å². The fraction of sp³-hybridized carbons (Fsp3) is 0.0833. The molecule has 0 aliphatic rings. The molecule has 1 unspecified atom stereocenters. The van der Waals surface area contributed by atoms with Crippen LogP contribution in [0, 0.1) is 6.92 Å². The van der Waals surface area contributed by atoms with Crippen LogP contribution in [0.1, 0.15) is 5.56 Å². The number of benzene rings is 4. The average Bonchev–Trinajstić information content (AvgIpc) is 2.88. The topological polar surface area (TPSA) is 230 Å². The number of ether oxygens (including phenoxy) is 1. The number of rotatable bonds is 10. The van der Waals surface area contributed by atoms with E-state index in [1.165, 1.54) is 19.1 Å². The van der Waals surface area contributed by atoms with Gasteiger partial charge in [-0.1, -0.05) is 24.3 Å². The van der Waals surface area contributed by atoms with Gasteiger partial charge >= 0.3 is 88.7 Å². The van der Waals surface area contributed by atoms with Gasteiger partial charge in [0.2, 0.25) is 0 Å². The molecule has 0 fully saturated rings. The van der Waals surface area contributed by atoms with Gasteiger partial charge in [0, 0.05) is 11.1 Å². The maximum absolute atomic E-state index is 11.8. The number of phenols is 1. The predicted molar refractivity (Wildman–Crippen MR) is 142 cm³/mol. The molecule has 0 bridgehead atoms. The van der Waals surface area contributed by atoms with Gasteiger partial charge in [-0.3, -0.25) is 0 Å². The molecule has 14 nitrogen and oxygen atoms in total. The second kappa shape index (κ2) is 17.1. The summed E-state index contributed by atoms with van der Waals surface area (Å²) in [7, 11) is -10.0. The summed E-state index contributed by atoms with van der Waals surface area (Å²) in [5, 5.41) is 21.1. The first kappa shape index (κ1) is 40.9. The van der Waals surface area contributed by atoms with Crippen LogP contribution < -0.4 is 103 Å². The molecule has 0 aromatic heterocycles. The number of anilines is 1. The van der Waals surface area contributed by atoms with E-state index in [0.717, 1.165) is 24.3 Å². The van der Waals surface area contributed by atoms with Gasteiger partial charge in [-0.15, -0.1) is 10.2 Å². The van der Waals surface area contributed by atoms with Crippen molar-refractivity contribution in [2.45, 2.75) is 16.7 Å². The Labute approximate surface area is 321 Å². The molecule has 20 heteroatoms. The van der Waals surface area contributed by atoms with E-state index in [9.17, 15) is 39.8 Å². The summed E-state index contributed by atoms with van der Waals surface area (Å²) in [6, 6.07) is 14.9. The van der Waals surface area contributed by atoms with Crippen LogP contribution in [0.4, 0.5) is 17.1 Å². The van der Waals surface area contributed by atoms with Gasteiger partial charge in [0.05, 0.1) is 9.79 Å². The van der Waals surface area contributed by atoms with Crippen molar-refractivity contribution in [1.29, 1.82) is 0 Å². The predicted octanol–water partition coefficient (Wildman–Crippen LogP) is -5.29. The van der Waals surface area contributed by atoms with Crippen molar-refractivity contribution < 1.29 is 137 Å². The van der Waals surface area contributed by atoms with Gasteiger partial charge in [0.1, 0.15) is 43.0 Å². The van der Waals surface area contributed by atoms with Crippen LogP contribution in [0.5, 0.6) is 17.2 Å². The second-order valence-corrected chi connectivity index (χ2v) is 11.6. The van der Waals surface area contributed by atoms with Crippen LogP contribution in [0.25, 0.3) is 10.8 Å². The molecule has 0 heterocycles. The smallest absolute Gasteiger partial charge is 0.744 e. The Morgan fingerprint density at radius 2 is 1.57 bits per heavy atom. The number of fused-ring (bicyclic) bond motifs is 1. The van der Waals surface area contributed by atoms with Crippen LogP contribution in [0.2, 0.25) is 0 Å². The molecule has 0 amide bonds. The van der Waals surface area contributed by atoms with Crippen LogP contribution in [0.3, 0.4) is 0 Å². The van der Waals surface area contributed by atoms with Gasteiger partial charge in [-0.05, 0) is 60.3 Å². The molecule has 0 aliphatic heterocycles. The monoisotopic (exact) mass is 689 g/mol. The molecule has 0 saturated carbocycles. The third-order valence-corrected chi connectivity index (χ3v) is 7.45. The van der Waals surface area contributed by atoms with E-state index >= 15 is 0 Å². The van der Waals surface area contributed by atoms with Crippen LogP contribution in [0.15, 0.2) is 86.7 Å². The first-order valence-corrected chi connectivity index (χ1v) is 15.0. The second-order valence-electron chi connectivity index (χ2n) is 8.29. The standard InChI is InChI=1S/C24H21N3O11S3.3Na/c1-14-7-8-18(21(9-14)41(34,35)36)26-27-23-20(38-39(29)30)11-15-10-17(40(31,32)33)12-19(22(15)24(23)28)25-13-37-16-5-3-2-4-6-16;;;/h2-12,25,28H,13H2,1H3,(H,29,30)(H,31,32,33)(H,34,35,36);;;/q;3*+1/p-3. The summed E-state index contributed by atoms with van der Waals surface area (Å²) < 4.78 is 104. The number of hydrogen-bond donors (Lipinski definition) is 2. The van der Waals surface area contributed by atoms with Crippen LogP contribution in [-0.4, -0.2) is 46.5 Å². The Kier molecular flexibility index (Phi) is 15.9. The molecule has 0 radical (unpaired) electrons. The van der Waals surface area contributed by atoms with Gasteiger partial charge in [-0.25, -0.2) is 21.0 Å². The van der Waals surface area contributed by atoms with Crippen molar-refractivity contribution in [1.82, 2.24) is 0 Å². The maximum atomic E-state index is 11.8.